The van der Waals surface area contributed by atoms with E-state index in [0.717, 1.165) is 16.3 Å². The number of rotatable bonds is 0. The number of ketones is 1. The van der Waals surface area contributed by atoms with Gasteiger partial charge in [0.25, 0.3) is 0 Å². The molecule has 0 saturated carbocycles. The van der Waals surface area contributed by atoms with Crippen LogP contribution in [-0.4, -0.2) is 5.78 Å². The van der Waals surface area contributed by atoms with Crippen molar-refractivity contribution in [3.05, 3.63) is 101 Å². The summed E-state index contributed by atoms with van der Waals surface area (Å²) in [5.41, 5.74) is 4.64. The Morgan fingerprint density at radius 3 is 2.23 bits per heavy atom. The maximum absolute atomic E-state index is 13.3. The largest absolute Gasteiger partial charge is 0.293 e. The topological polar surface area (TPSA) is 17.1 Å². The summed E-state index contributed by atoms with van der Waals surface area (Å²) in [5, 5.41) is 4.72. The Morgan fingerprint density at radius 2 is 1.38 bits per heavy atom. The van der Waals surface area contributed by atoms with Crippen molar-refractivity contribution < 1.29 is 4.79 Å². The molecule has 1 nitrogen and oxygen atoms in total. The Kier molecular flexibility index (Phi) is 2.66. The maximum Gasteiger partial charge on any atom is 0.171 e. The Hall–Kier alpha value is -3.19. The first-order valence-electron chi connectivity index (χ1n) is 9.08. The van der Waals surface area contributed by atoms with Gasteiger partial charge >= 0.3 is 0 Å². The van der Waals surface area contributed by atoms with Gasteiger partial charge in [-0.25, -0.2) is 0 Å². The maximum atomic E-state index is 13.3. The molecule has 0 amide bonds. The van der Waals surface area contributed by atoms with Gasteiger partial charge in [0.1, 0.15) is 0 Å². The zero-order chi connectivity index (χ0) is 17.3. The molecule has 0 aromatic heterocycles. The molecule has 0 bridgehead atoms. The quantitative estimate of drug-likeness (QED) is 0.388. The average molecular weight is 332 g/mol. The van der Waals surface area contributed by atoms with Crippen LogP contribution in [-0.2, 0) is 0 Å². The van der Waals surface area contributed by atoms with Gasteiger partial charge < -0.3 is 0 Å². The normalized spacial score (nSPS) is 20.2. The first-order chi connectivity index (χ1) is 12.8. The summed E-state index contributed by atoms with van der Waals surface area (Å²) in [6.07, 6.45) is 4.24. The van der Waals surface area contributed by atoms with Gasteiger partial charge in [0.2, 0.25) is 0 Å². The van der Waals surface area contributed by atoms with Crippen molar-refractivity contribution in [3.63, 3.8) is 0 Å². The standard InChI is InChI=1S/C25H16O/c26-25-21-14-12-17-10-9-15-5-1-3-7-18(15)22(17)23(21)20-13-11-16-6-2-4-8-19(16)24(20)25/h1-14,21,23H/t21-,23-/m1/s1. The van der Waals surface area contributed by atoms with Gasteiger partial charge in [-0.15, -0.1) is 0 Å². The minimum absolute atomic E-state index is 0.0888. The van der Waals surface area contributed by atoms with Crippen LogP contribution in [0.25, 0.3) is 27.6 Å². The van der Waals surface area contributed by atoms with Crippen molar-refractivity contribution in [1.82, 2.24) is 0 Å². The molecule has 0 aliphatic heterocycles. The molecular weight excluding hydrogens is 316 g/mol. The van der Waals surface area contributed by atoms with Crippen LogP contribution in [0.15, 0.2) is 78.9 Å². The van der Waals surface area contributed by atoms with Crippen molar-refractivity contribution in [3.8, 4) is 0 Å². The van der Waals surface area contributed by atoms with Crippen molar-refractivity contribution in [2.24, 2.45) is 5.92 Å². The van der Waals surface area contributed by atoms with Crippen LogP contribution in [0, 0.1) is 5.92 Å². The van der Waals surface area contributed by atoms with Crippen molar-refractivity contribution in [2.75, 3.05) is 0 Å². The van der Waals surface area contributed by atoms with Gasteiger partial charge in [0.15, 0.2) is 5.78 Å². The van der Waals surface area contributed by atoms with Crippen molar-refractivity contribution in [1.29, 1.82) is 0 Å². The molecule has 122 valence electrons. The van der Waals surface area contributed by atoms with Crippen LogP contribution in [0.3, 0.4) is 0 Å². The highest BCUT2D eigenvalue weighted by molar-refractivity contribution is 6.15. The van der Waals surface area contributed by atoms with Gasteiger partial charge in [-0.1, -0.05) is 84.9 Å². The Balaban J connectivity index is 1.73. The SMILES string of the molecule is O=C1c2c(ccc3ccccc23)[C@H]2c3c(ccc4ccccc34)C=C[C@@H]12. The zero-order valence-corrected chi connectivity index (χ0v) is 14.1. The lowest BCUT2D eigenvalue weighted by atomic mass is 9.77. The molecule has 4 aromatic rings. The van der Waals surface area contributed by atoms with Gasteiger partial charge in [0.05, 0.1) is 5.92 Å². The minimum atomic E-state index is -0.0888. The minimum Gasteiger partial charge on any atom is -0.293 e. The number of carbonyl (C=O) groups is 1. The molecule has 1 heteroatoms. The van der Waals surface area contributed by atoms with Crippen molar-refractivity contribution >= 4 is 33.4 Å². The van der Waals surface area contributed by atoms with Crippen LogP contribution in [0.2, 0.25) is 0 Å². The number of allylic oxidation sites excluding steroid dienone is 1. The van der Waals surface area contributed by atoms with E-state index in [1.807, 2.05) is 12.1 Å². The lowest BCUT2D eigenvalue weighted by Gasteiger charge is -2.25. The molecule has 2 aliphatic carbocycles. The second kappa shape index (κ2) is 4.92. The van der Waals surface area contributed by atoms with E-state index in [1.165, 1.54) is 27.5 Å². The van der Waals surface area contributed by atoms with E-state index in [9.17, 15) is 4.79 Å². The van der Waals surface area contributed by atoms with E-state index in [2.05, 4.69) is 72.8 Å². The van der Waals surface area contributed by atoms with Crippen LogP contribution in [0.5, 0.6) is 0 Å². The van der Waals surface area contributed by atoms with Gasteiger partial charge in [0, 0.05) is 11.5 Å². The molecule has 0 saturated heterocycles. The molecule has 0 unspecified atom stereocenters. The third-order valence-electron chi connectivity index (χ3n) is 6.00. The summed E-state index contributed by atoms with van der Waals surface area (Å²) in [6.45, 7) is 0. The van der Waals surface area contributed by atoms with Gasteiger partial charge in [-0.3, -0.25) is 4.79 Å². The number of hydrogen-bond acceptors (Lipinski definition) is 1. The third-order valence-corrected chi connectivity index (χ3v) is 6.00. The number of hydrogen-bond donors (Lipinski definition) is 0. The lowest BCUT2D eigenvalue weighted by Crippen LogP contribution is -2.16. The van der Waals surface area contributed by atoms with Gasteiger partial charge in [-0.05, 0) is 38.2 Å². The first-order valence-corrected chi connectivity index (χ1v) is 9.08. The fourth-order valence-corrected chi connectivity index (χ4v) is 4.88. The Bertz CT molecular complexity index is 1260. The summed E-state index contributed by atoms with van der Waals surface area (Å²) >= 11 is 0. The lowest BCUT2D eigenvalue weighted by molar-refractivity contribution is 0.0956. The molecule has 0 spiro atoms. The molecule has 0 N–H and O–H groups in total. The summed E-state index contributed by atoms with van der Waals surface area (Å²) in [5.74, 6) is 0.291. The van der Waals surface area contributed by atoms with Crippen LogP contribution < -0.4 is 0 Å². The van der Waals surface area contributed by atoms with Crippen LogP contribution in [0.1, 0.15) is 33.0 Å². The highest BCUT2D eigenvalue weighted by atomic mass is 16.1. The monoisotopic (exact) mass is 332 g/mol. The highest BCUT2D eigenvalue weighted by Gasteiger charge is 2.42. The molecule has 4 aromatic carbocycles. The Morgan fingerprint density at radius 1 is 0.692 bits per heavy atom. The zero-order valence-electron chi connectivity index (χ0n) is 14.1. The summed E-state index contributed by atoms with van der Waals surface area (Å²) in [7, 11) is 0. The summed E-state index contributed by atoms with van der Waals surface area (Å²) in [4.78, 5) is 13.3. The summed E-state index contributed by atoms with van der Waals surface area (Å²) < 4.78 is 0. The smallest absolute Gasteiger partial charge is 0.171 e. The van der Waals surface area contributed by atoms with E-state index < -0.39 is 0 Å². The number of carbonyl (C=O) groups excluding carboxylic acids is 1. The van der Waals surface area contributed by atoms with Crippen molar-refractivity contribution in [2.45, 2.75) is 5.92 Å². The molecule has 0 fully saturated rings. The van der Waals surface area contributed by atoms with E-state index in [0.29, 0.717) is 0 Å². The fourth-order valence-electron chi connectivity index (χ4n) is 4.88. The molecule has 2 atom stereocenters. The molecule has 6 rings (SSSR count). The molecule has 26 heavy (non-hydrogen) atoms. The summed E-state index contributed by atoms with van der Waals surface area (Å²) in [6, 6.07) is 25.4. The molecular formula is C25H16O. The highest BCUT2D eigenvalue weighted by Crippen LogP contribution is 2.50. The molecule has 0 radical (unpaired) electrons. The van der Waals surface area contributed by atoms with Crippen LogP contribution in [0.4, 0.5) is 0 Å². The second-order valence-electron chi connectivity index (χ2n) is 7.27. The second-order valence-corrected chi connectivity index (χ2v) is 7.27. The third kappa shape index (κ3) is 1.68. The first kappa shape index (κ1) is 14.0. The number of Topliss-reactive ketones (excluding diaryl/α,β-unsaturated/α-hetero) is 1. The number of fused-ring (bicyclic) bond motifs is 9. The van der Waals surface area contributed by atoms with Crippen LogP contribution >= 0.6 is 0 Å². The van der Waals surface area contributed by atoms with Gasteiger partial charge in [-0.2, -0.15) is 0 Å². The average Bonchev–Trinajstić information content (AvgIpc) is 3.00. The van der Waals surface area contributed by atoms with E-state index in [1.54, 1.807) is 0 Å². The number of benzene rings is 4. The Labute approximate surface area is 151 Å². The van der Waals surface area contributed by atoms with E-state index in [4.69, 9.17) is 0 Å². The predicted molar refractivity (Wildman–Crippen MR) is 107 cm³/mol. The fraction of sp³-hybridized carbons (Fsp3) is 0.0800. The van der Waals surface area contributed by atoms with E-state index in [-0.39, 0.29) is 17.6 Å². The molecule has 2 aliphatic rings. The molecule has 0 heterocycles. The van der Waals surface area contributed by atoms with E-state index >= 15 is 0 Å². The predicted octanol–water partition coefficient (Wildman–Crippen LogP) is 5.96.